The van der Waals surface area contributed by atoms with Crippen LogP contribution in [-0.4, -0.2) is 84.4 Å². The number of rotatable bonds is 4. The van der Waals surface area contributed by atoms with Crippen molar-refractivity contribution in [2.24, 2.45) is 0 Å². The molecule has 0 aliphatic carbocycles. The Morgan fingerprint density at radius 2 is 1.48 bits per heavy atom. The summed E-state index contributed by atoms with van der Waals surface area (Å²) in [6.07, 6.45) is -15.4. The molecule has 0 unspecified atom stereocenters. The van der Waals surface area contributed by atoms with Gasteiger partial charge in [0.05, 0.1) is 0 Å². The Labute approximate surface area is 191 Å². The largest absolute Gasteiger partial charge is 0.434 e. The average Bonchev–Trinajstić information content (AvgIpc) is 3.26. The lowest BCUT2D eigenvalue weighted by Gasteiger charge is -2.35. The van der Waals surface area contributed by atoms with Crippen LogP contribution in [0.25, 0.3) is 0 Å². The number of piperazine rings is 1. The zero-order valence-electron chi connectivity index (χ0n) is 17.4. The fourth-order valence-electron chi connectivity index (χ4n) is 3.74. The van der Waals surface area contributed by atoms with Crippen molar-refractivity contribution in [1.82, 2.24) is 14.7 Å². The van der Waals surface area contributed by atoms with Crippen molar-refractivity contribution in [3.05, 3.63) is 34.3 Å². The molecule has 1 aromatic rings. The number of alkyl halides is 6. The highest BCUT2D eigenvalue weighted by Gasteiger charge is 2.60. The molecule has 0 N–H and O–H groups in total. The summed E-state index contributed by atoms with van der Waals surface area (Å²) in [7, 11) is 0. The highest BCUT2D eigenvalue weighted by atomic mass is 35.5. The second-order valence-electron chi connectivity index (χ2n) is 7.92. The molecule has 2 saturated heterocycles. The summed E-state index contributed by atoms with van der Waals surface area (Å²) in [5.74, 6) is -0.0934. The Balaban J connectivity index is 1.54. The fourth-order valence-corrected chi connectivity index (χ4v) is 3.98. The van der Waals surface area contributed by atoms with Gasteiger partial charge >= 0.3 is 18.4 Å². The van der Waals surface area contributed by atoms with Gasteiger partial charge in [-0.15, -0.1) is 0 Å². The van der Waals surface area contributed by atoms with E-state index >= 15 is 0 Å². The molecule has 3 rings (SSSR count). The summed E-state index contributed by atoms with van der Waals surface area (Å²) in [6.45, 7) is 1.93. The number of halogens is 7. The van der Waals surface area contributed by atoms with E-state index in [2.05, 4.69) is 4.74 Å². The molecule has 13 heteroatoms. The van der Waals surface area contributed by atoms with Crippen LogP contribution in [0.2, 0.25) is 5.02 Å². The molecule has 2 aliphatic rings. The first-order valence-electron chi connectivity index (χ1n) is 10.3. The Bertz CT molecular complexity index is 852. The lowest BCUT2D eigenvalue weighted by Crippen LogP contribution is -2.52. The summed E-state index contributed by atoms with van der Waals surface area (Å²) in [5, 5.41) is 0.375. The van der Waals surface area contributed by atoms with Gasteiger partial charge in [-0.1, -0.05) is 17.7 Å². The maximum Gasteiger partial charge on any atom is 0.434 e. The Hall–Kier alpha value is -2.21. The summed E-state index contributed by atoms with van der Waals surface area (Å²) in [6, 6.07) is 4.97. The van der Waals surface area contributed by atoms with Crippen molar-refractivity contribution < 1.29 is 40.7 Å². The van der Waals surface area contributed by atoms with Crippen LogP contribution in [-0.2, 0) is 11.3 Å². The predicted octanol–water partition coefficient (Wildman–Crippen LogP) is 4.32. The standard InChI is InChI=1S/C20H22ClF6N3O3/c21-15-11-13(16(31)29-5-1-2-6-29)3-4-14(15)12-28-7-9-30(10-8-28)18(32)33-17(19(22,23)24)20(25,26)27/h3-4,11,17H,1-2,5-10,12H2. The molecule has 0 spiro atoms. The molecule has 0 atom stereocenters. The van der Waals surface area contributed by atoms with Gasteiger partial charge in [-0.3, -0.25) is 9.69 Å². The lowest BCUT2D eigenvalue weighted by molar-refractivity contribution is -0.308. The van der Waals surface area contributed by atoms with Crippen molar-refractivity contribution in [1.29, 1.82) is 0 Å². The Morgan fingerprint density at radius 1 is 0.909 bits per heavy atom. The maximum absolute atomic E-state index is 12.6. The van der Waals surface area contributed by atoms with E-state index in [4.69, 9.17) is 11.6 Å². The van der Waals surface area contributed by atoms with Crippen molar-refractivity contribution in [2.45, 2.75) is 37.8 Å². The molecule has 2 fully saturated rings. The van der Waals surface area contributed by atoms with E-state index in [0.29, 0.717) is 35.8 Å². The van der Waals surface area contributed by atoms with Gasteiger partial charge in [0.25, 0.3) is 12.0 Å². The molecule has 0 bridgehead atoms. The number of amides is 2. The van der Waals surface area contributed by atoms with Gasteiger partial charge in [-0.05, 0) is 30.5 Å². The predicted molar refractivity (Wildman–Crippen MR) is 106 cm³/mol. The molecule has 6 nitrogen and oxygen atoms in total. The van der Waals surface area contributed by atoms with E-state index in [9.17, 15) is 35.9 Å². The molecular weight excluding hydrogens is 480 g/mol. The molecule has 2 amide bonds. The quantitative estimate of drug-likeness (QED) is 0.577. The number of benzene rings is 1. The minimum Gasteiger partial charge on any atom is -0.426 e. The highest BCUT2D eigenvalue weighted by Crippen LogP contribution is 2.36. The maximum atomic E-state index is 12.6. The van der Waals surface area contributed by atoms with Crippen LogP contribution in [0, 0.1) is 0 Å². The van der Waals surface area contributed by atoms with E-state index < -0.39 is 24.5 Å². The summed E-state index contributed by atoms with van der Waals surface area (Å²) in [4.78, 5) is 28.7. The average molecular weight is 502 g/mol. The van der Waals surface area contributed by atoms with E-state index in [-0.39, 0.29) is 32.1 Å². The number of hydrogen-bond donors (Lipinski definition) is 0. The van der Waals surface area contributed by atoms with Crippen LogP contribution >= 0.6 is 11.6 Å². The van der Waals surface area contributed by atoms with Gasteiger partial charge in [0, 0.05) is 56.4 Å². The minimum atomic E-state index is -5.76. The van der Waals surface area contributed by atoms with Gasteiger partial charge in [0.15, 0.2) is 0 Å². The molecule has 2 heterocycles. The zero-order chi connectivity index (χ0) is 24.4. The zero-order valence-corrected chi connectivity index (χ0v) is 18.1. The molecule has 0 radical (unpaired) electrons. The van der Waals surface area contributed by atoms with E-state index in [1.807, 2.05) is 4.90 Å². The van der Waals surface area contributed by atoms with Crippen molar-refractivity contribution >= 4 is 23.6 Å². The SMILES string of the molecule is O=C(OC(C(F)(F)F)C(F)(F)F)N1CCN(Cc2ccc(C(=O)N3CCCC3)cc2Cl)CC1. The summed E-state index contributed by atoms with van der Waals surface area (Å²) >= 11 is 6.33. The van der Waals surface area contributed by atoms with E-state index in [0.717, 1.165) is 17.7 Å². The molecular formula is C20H22ClF6N3O3. The second kappa shape index (κ2) is 9.96. The third kappa shape index (κ3) is 6.44. The van der Waals surface area contributed by atoms with Gasteiger partial charge in [0.2, 0.25) is 0 Å². The van der Waals surface area contributed by atoms with E-state index in [1.165, 1.54) is 0 Å². The van der Waals surface area contributed by atoms with Crippen molar-refractivity contribution in [3.63, 3.8) is 0 Å². The minimum absolute atomic E-state index is 0.0934. The van der Waals surface area contributed by atoms with Crippen LogP contribution in [0.15, 0.2) is 18.2 Å². The number of carbonyl (C=O) groups is 2. The van der Waals surface area contributed by atoms with Crippen LogP contribution < -0.4 is 0 Å². The first-order chi connectivity index (χ1) is 15.4. The Morgan fingerprint density at radius 3 is 2.00 bits per heavy atom. The third-order valence-corrected chi connectivity index (χ3v) is 5.88. The van der Waals surface area contributed by atoms with Crippen LogP contribution in [0.3, 0.4) is 0 Å². The summed E-state index contributed by atoms with van der Waals surface area (Å²) < 4.78 is 79.3. The molecule has 33 heavy (non-hydrogen) atoms. The molecule has 1 aromatic carbocycles. The number of ether oxygens (including phenoxy) is 1. The van der Waals surface area contributed by atoms with Crippen molar-refractivity contribution in [3.8, 4) is 0 Å². The van der Waals surface area contributed by atoms with Gasteiger partial charge in [-0.25, -0.2) is 4.79 Å². The third-order valence-electron chi connectivity index (χ3n) is 5.53. The fraction of sp³-hybridized carbons (Fsp3) is 0.600. The molecule has 184 valence electrons. The normalized spacial score (nSPS) is 18.2. The second-order valence-corrected chi connectivity index (χ2v) is 8.32. The smallest absolute Gasteiger partial charge is 0.426 e. The van der Waals surface area contributed by atoms with Crippen LogP contribution in [0.4, 0.5) is 31.1 Å². The monoisotopic (exact) mass is 501 g/mol. The molecule has 0 aromatic heterocycles. The highest BCUT2D eigenvalue weighted by molar-refractivity contribution is 6.31. The Kier molecular flexibility index (Phi) is 7.67. The summed E-state index contributed by atoms with van der Waals surface area (Å²) in [5.41, 5.74) is 1.18. The number of likely N-dealkylation sites (tertiary alicyclic amines) is 1. The molecule has 2 aliphatic heterocycles. The number of nitrogens with zero attached hydrogens (tertiary/aromatic N) is 3. The van der Waals surface area contributed by atoms with Crippen molar-refractivity contribution in [2.75, 3.05) is 39.3 Å². The first-order valence-corrected chi connectivity index (χ1v) is 10.6. The number of carbonyl (C=O) groups excluding carboxylic acids is 2. The topological polar surface area (TPSA) is 53.1 Å². The van der Waals surface area contributed by atoms with E-state index in [1.54, 1.807) is 23.1 Å². The van der Waals surface area contributed by atoms with Crippen LogP contribution in [0.1, 0.15) is 28.8 Å². The lowest BCUT2D eigenvalue weighted by atomic mass is 10.1. The van der Waals surface area contributed by atoms with Crippen LogP contribution in [0.5, 0.6) is 0 Å². The first kappa shape index (κ1) is 25.4. The van der Waals surface area contributed by atoms with Gasteiger partial charge in [-0.2, -0.15) is 26.3 Å². The number of hydrogen-bond acceptors (Lipinski definition) is 4. The van der Waals surface area contributed by atoms with Gasteiger partial charge < -0.3 is 14.5 Å². The molecule has 0 saturated carbocycles. The van der Waals surface area contributed by atoms with Gasteiger partial charge in [0.1, 0.15) is 0 Å².